The summed E-state index contributed by atoms with van der Waals surface area (Å²) < 4.78 is 27.8. The first-order valence-electron chi connectivity index (χ1n) is 5.65. The molecule has 0 saturated carbocycles. The Morgan fingerprint density at radius 2 is 2.09 bits per heavy atom. The van der Waals surface area contributed by atoms with Gasteiger partial charge in [0.05, 0.1) is 29.1 Å². The number of anilines is 1. The van der Waals surface area contributed by atoms with Gasteiger partial charge in [-0.1, -0.05) is 11.6 Å². The third-order valence-corrected chi connectivity index (χ3v) is 4.02. The Labute approximate surface area is 136 Å². The van der Waals surface area contributed by atoms with E-state index in [0.29, 0.717) is 5.76 Å². The molecule has 0 atom stereocenters. The second-order valence-electron chi connectivity index (χ2n) is 4.11. The van der Waals surface area contributed by atoms with Crippen molar-refractivity contribution in [3.8, 4) is 0 Å². The highest BCUT2D eigenvalue weighted by molar-refractivity contribution is 7.89. The number of rotatable bonds is 5. The van der Waals surface area contributed by atoms with Crippen LogP contribution in [0.25, 0.3) is 0 Å². The molecular weight excluding hydrogens is 348 g/mol. The van der Waals surface area contributed by atoms with Gasteiger partial charge in [0.2, 0.25) is 10.0 Å². The molecule has 120 valence electrons. The molecule has 0 unspecified atom stereocenters. The average molecular weight is 363 g/mol. The summed E-state index contributed by atoms with van der Waals surface area (Å²) in [5.74, 6) is -0.725. The van der Waals surface area contributed by atoms with Crippen LogP contribution in [0.5, 0.6) is 0 Å². The molecule has 7 nitrogen and oxygen atoms in total. The Balaban J connectivity index is 0.00000242. The molecule has 4 N–H and O–H groups in total. The summed E-state index contributed by atoms with van der Waals surface area (Å²) >= 11 is 5.84. The van der Waals surface area contributed by atoms with Gasteiger partial charge in [-0.25, -0.2) is 18.4 Å². The first-order chi connectivity index (χ1) is 9.79. The normalized spacial score (nSPS) is 10.8. The first kappa shape index (κ1) is 18.2. The van der Waals surface area contributed by atoms with E-state index in [1.54, 1.807) is 12.1 Å². The van der Waals surface area contributed by atoms with Crippen LogP contribution in [0, 0.1) is 0 Å². The third kappa shape index (κ3) is 4.10. The molecule has 0 radical (unpaired) electrons. The van der Waals surface area contributed by atoms with E-state index in [1.165, 1.54) is 12.3 Å². The van der Waals surface area contributed by atoms with Crippen LogP contribution in [0.2, 0.25) is 5.02 Å². The van der Waals surface area contributed by atoms with Crippen molar-refractivity contribution in [2.75, 3.05) is 5.32 Å². The Morgan fingerprint density at radius 1 is 1.41 bits per heavy atom. The number of carboxylic acid groups (broad SMARTS) is 1. The summed E-state index contributed by atoms with van der Waals surface area (Å²) in [4.78, 5) is 10.8. The number of primary sulfonamides is 1. The Hall–Kier alpha value is -1.81. The topological polar surface area (TPSA) is 123 Å². The lowest BCUT2D eigenvalue weighted by Crippen LogP contribution is -2.15. The Morgan fingerprint density at radius 3 is 2.59 bits per heavy atom. The Bertz CT molecular complexity index is 777. The molecule has 22 heavy (non-hydrogen) atoms. The lowest BCUT2D eigenvalue weighted by molar-refractivity contribution is 0.0697. The van der Waals surface area contributed by atoms with Gasteiger partial charge in [0.15, 0.2) is 0 Å². The Kier molecular flexibility index (Phi) is 5.77. The molecule has 0 bridgehead atoms. The van der Waals surface area contributed by atoms with E-state index in [-0.39, 0.29) is 33.8 Å². The maximum atomic E-state index is 11.3. The maximum Gasteiger partial charge on any atom is 0.337 e. The molecule has 0 saturated heterocycles. The second kappa shape index (κ2) is 6.96. The molecule has 10 heteroatoms. The van der Waals surface area contributed by atoms with Crippen LogP contribution in [0.4, 0.5) is 5.69 Å². The van der Waals surface area contributed by atoms with Crippen LogP contribution in [-0.4, -0.2) is 30.5 Å². The zero-order chi connectivity index (χ0) is 15.6. The van der Waals surface area contributed by atoms with Crippen LogP contribution in [-0.2, 0) is 16.6 Å². The smallest absolute Gasteiger partial charge is 0.337 e. The molecule has 2 rings (SSSR count). The fraction of sp³-hybridized carbons (Fsp3) is 0.0833. The van der Waals surface area contributed by atoms with E-state index in [0.717, 1.165) is 6.07 Å². The van der Waals surface area contributed by atoms with E-state index >= 15 is 0 Å². The van der Waals surface area contributed by atoms with Gasteiger partial charge in [-0.3, -0.25) is 0 Å². The van der Waals surface area contributed by atoms with Crippen molar-refractivity contribution in [3.63, 3.8) is 0 Å². The minimum absolute atomic E-state index is 0. The van der Waals surface area contributed by atoms with Crippen molar-refractivity contribution in [2.24, 2.45) is 5.14 Å². The molecule has 0 aliphatic carbocycles. The summed E-state index contributed by atoms with van der Waals surface area (Å²) in [5, 5.41) is 16.8. The van der Waals surface area contributed by atoms with Gasteiger partial charge in [-0.05, 0) is 35.2 Å². The highest BCUT2D eigenvalue weighted by Crippen LogP contribution is 2.28. The van der Waals surface area contributed by atoms with Crippen LogP contribution in [0.15, 0.2) is 39.8 Å². The maximum absolute atomic E-state index is 11.3. The third-order valence-electron chi connectivity index (χ3n) is 2.64. The molecule has 0 amide bonds. The number of furan rings is 1. The highest BCUT2D eigenvalue weighted by Gasteiger charge is 2.20. The highest BCUT2D eigenvalue weighted by atomic mass is 35.5. The lowest BCUT2D eigenvalue weighted by Gasteiger charge is -2.11. The number of carbonyl (C=O) groups is 1. The fourth-order valence-corrected chi connectivity index (χ4v) is 2.79. The standard InChI is InChI=1S/C12H11ClN2O5S.H4Si/c13-9-5-10(15-6-7-2-1-3-20-7)8(12(16)17)4-11(9)21(14,18)19;/h1-5,15H,6H2,(H,16,17)(H2,14,18,19);1H4. The quantitative estimate of drug-likeness (QED) is 0.663. The number of hydrogen-bond acceptors (Lipinski definition) is 5. The molecule has 1 aromatic heterocycles. The SMILES string of the molecule is NS(=O)(=O)c1cc(C(=O)O)c(NCc2ccco2)cc1Cl.[SiH4]. The number of nitrogens with one attached hydrogen (secondary N) is 1. The van der Waals surface area contributed by atoms with Gasteiger partial charge < -0.3 is 14.8 Å². The zero-order valence-corrected chi connectivity index (χ0v) is 12.1. The number of benzene rings is 1. The summed E-state index contributed by atoms with van der Waals surface area (Å²) in [7, 11) is -4.11. The lowest BCUT2D eigenvalue weighted by atomic mass is 10.1. The van der Waals surface area contributed by atoms with E-state index < -0.39 is 20.9 Å². The summed E-state index contributed by atoms with van der Waals surface area (Å²) in [5.41, 5.74) is -0.0914. The zero-order valence-electron chi connectivity index (χ0n) is 10.5. The molecule has 1 heterocycles. The monoisotopic (exact) mass is 362 g/mol. The summed E-state index contributed by atoms with van der Waals surface area (Å²) in [6.45, 7) is 0.221. The van der Waals surface area contributed by atoms with Crippen molar-refractivity contribution in [2.45, 2.75) is 11.4 Å². The number of carboxylic acids is 1. The predicted molar refractivity (Wildman–Crippen MR) is 87.2 cm³/mol. The van der Waals surface area contributed by atoms with Crippen LogP contribution >= 0.6 is 11.6 Å². The molecule has 2 aromatic rings. The number of sulfonamides is 1. The average Bonchev–Trinajstić information content (AvgIpc) is 2.87. The first-order valence-corrected chi connectivity index (χ1v) is 7.57. The van der Waals surface area contributed by atoms with E-state index in [4.69, 9.17) is 26.3 Å². The molecule has 0 aliphatic rings. The van der Waals surface area contributed by atoms with Gasteiger partial charge in [0.1, 0.15) is 10.7 Å². The minimum atomic E-state index is -4.11. The summed E-state index contributed by atoms with van der Waals surface area (Å²) in [6, 6.07) is 5.51. The molecular formula is C12H15ClN2O5SSi. The van der Waals surface area contributed by atoms with Gasteiger partial charge in [0, 0.05) is 0 Å². The van der Waals surface area contributed by atoms with E-state index in [9.17, 15) is 13.2 Å². The van der Waals surface area contributed by atoms with E-state index in [1.807, 2.05) is 0 Å². The molecule has 0 aliphatic heterocycles. The number of halogens is 1. The van der Waals surface area contributed by atoms with Crippen molar-refractivity contribution in [1.29, 1.82) is 0 Å². The molecule has 0 fully saturated rings. The van der Waals surface area contributed by atoms with Crippen molar-refractivity contribution in [3.05, 3.63) is 46.9 Å². The van der Waals surface area contributed by atoms with Crippen LogP contribution in [0.1, 0.15) is 16.1 Å². The van der Waals surface area contributed by atoms with Crippen molar-refractivity contribution >= 4 is 44.2 Å². The summed E-state index contributed by atoms with van der Waals surface area (Å²) in [6.07, 6.45) is 1.48. The predicted octanol–water partition coefficient (Wildman–Crippen LogP) is 0.439. The number of aromatic carboxylic acids is 1. The second-order valence-corrected chi connectivity index (χ2v) is 6.05. The van der Waals surface area contributed by atoms with Gasteiger partial charge in [0.25, 0.3) is 0 Å². The molecule has 0 spiro atoms. The van der Waals surface area contributed by atoms with Crippen LogP contribution < -0.4 is 10.5 Å². The number of hydrogen-bond donors (Lipinski definition) is 3. The van der Waals surface area contributed by atoms with Crippen LogP contribution in [0.3, 0.4) is 0 Å². The van der Waals surface area contributed by atoms with E-state index in [2.05, 4.69) is 5.32 Å². The minimum Gasteiger partial charge on any atom is -0.478 e. The van der Waals surface area contributed by atoms with Gasteiger partial charge in [-0.15, -0.1) is 0 Å². The van der Waals surface area contributed by atoms with Crippen molar-refractivity contribution < 1.29 is 22.7 Å². The molecule has 1 aromatic carbocycles. The van der Waals surface area contributed by atoms with Gasteiger partial charge in [-0.2, -0.15) is 0 Å². The largest absolute Gasteiger partial charge is 0.478 e. The van der Waals surface area contributed by atoms with Crippen molar-refractivity contribution in [1.82, 2.24) is 0 Å². The number of nitrogens with two attached hydrogens (primary N) is 1. The fourth-order valence-electron chi connectivity index (χ4n) is 1.69. The van der Waals surface area contributed by atoms with Gasteiger partial charge >= 0.3 is 5.97 Å².